The molecule has 0 radical (unpaired) electrons. The first kappa shape index (κ1) is 21.4. The van der Waals surface area contributed by atoms with Crippen LogP contribution in [-0.2, 0) is 16.0 Å². The zero-order valence-corrected chi connectivity index (χ0v) is 16.6. The Balaban J connectivity index is 1.68. The predicted molar refractivity (Wildman–Crippen MR) is 108 cm³/mol. The fourth-order valence-corrected chi connectivity index (χ4v) is 3.31. The number of hydrogen-bond acceptors (Lipinski definition) is 3. The summed E-state index contributed by atoms with van der Waals surface area (Å²) in [5, 5.41) is 8.17. The molecule has 1 fully saturated rings. The maximum atomic E-state index is 13.3. The van der Waals surface area contributed by atoms with Gasteiger partial charge >= 0.3 is 0 Å². The van der Waals surface area contributed by atoms with E-state index < -0.39 is 29.5 Å². The lowest BCUT2D eigenvalue weighted by molar-refractivity contribution is -0.122. The van der Waals surface area contributed by atoms with Crippen LogP contribution in [0.1, 0.15) is 40.7 Å². The molecule has 0 aliphatic carbocycles. The summed E-state index contributed by atoms with van der Waals surface area (Å²) in [5.41, 5.74) is 1.63. The van der Waals surface area contributed by atoms with Gasteiger partial charge in [0.15, 0.2) is 0 Å². The van der Waals surface area contributed by atoms with Crippen LogP contribution in [0.15, 0.2) is 36.4 Å². The Morgan fingerprint density at radius 1 is 1.10 bits per heavy atom. The van der Waals surface area contributed by atoms with Gasteiger partial charge in [0.1, 0.15) is 17.7 Å². The number of benzene rings is 2. The number of carbonyl (C=O) groups is 3. The molecule has 158 valence electrons. The third-order valence-corrected chi connectivity index (χ3v) is 4.90. The maximum absolute atomic E-state index is 13.3. The molecule has 30 heavy (non-hydrogen) atoms. The second-order valence-corrected chi connectivity index (χ2v) is 7.35. The van der Waals surface area contributed by atoms with Crippen molar-refractivity contribution < 1.29 is 23.2 Å². The van der Waals surface area contributed by atoms with Crippen LogP contribution in [0.2, 0.25) is 0 Å². The van der Waals surface area contributed by atoms with Crippen LogP contribution >= 0.6 is 0 Å². The molecule has 0 bridgehead atoms. The summed E-state index contributed by atoms with van der Waals surface area (Å²) in [7, 11) is 0. The van der Waals surface area contributed by atoms with E-state index in [2.05, 4.69) is 16.0 Å². The summed E-state index contributed by atoms with van der Waals surface area (Å²) in [4.78, 5) is 37.0. The molecule has 1 atom stereocenters. The maximum Gasteiger partial charge on any atom is 0.252 e. The fraction of sp³-hybridized carbons (Fsp3) is 0.318. The monoisotopic (exact) mass is 415 g/mol. The summed E-state index contributed by atoms with van der Waals surface area (Å²) in [6.45, 7) is 2.36. The van der Waals surface area contributed by atoms with Crippen molar-refractivity contribution in [2.75, 3.05) is 11.9 Å². The highest BCUT2D eigenvalue weighted by molar-refractivity contribution is 6.00. The summed E-state index contributed by atoms with van der Waals surface area (Å²) < 4.78 is 26.6. The largest absolute Gasteiger partial charge is 0.354 e. The first-order valence-electron chi connectivity index (χ1n) is 9.76. The number of aryl methyl sites for hydroxylation is 1. The van der Waals surface area contributed by atoms with E-state index in [1.165, 1.54) is 6.07 Å². The molecule has 6 nitrogen and oxygen atoms in total. The minimum atomic E-state index is -0.754. The van der Waals surface area contributed by atoms with E-state index in [0.717, 1.165) is 36.6 Å². The van der Waals surface area contributed by atoms with Gasteiger partial charge in [-0.3, -0.25) is 14.4 Å². The minimum absolute atomic E-state index is 0.205. The third kappa shape index (κ3) is 5.62. The lowest BCUT2D eigenvalue weighted by atomic mass is 10.1. The fourth-order valence-electron chi connectivity index (χ4n) is 3.31. The topological polar surface area (TPSA) is 87.3 Å². The Morgan fingerprint density at radius 3 is 2.57 bits per heavy atom. The van der Waals surface area contributed by atoms with Gasteiger partial charge in [0.2, 0.25) is 11.8 Å². The Kier molecular flexibility index (Phi) is 6.76. The Morgan fingerprint density at radius 2 is 1.83 bits per heavy atom. The van der Waals surface area contributed by atoms with E-state index in [-0.39, 0.29) is 17.9 Å². The van der Waals surface area contributed by atoms with Gasteiger partial charge in [-0.25, -0.2) is 8.78 Å². The van der Waals surface area contributed by atoms with Crippen LogP contribution < -0.4 is 16.0 Å². The number of hydrogen-bond donors (Lipinski definition) is 3. The molecule has 2 aromatic rings. The SMILES string of the molecule is Cc1ccc(C(=O)NC2CCCCNC2=O)cc1NC(=O)Cc1cc(F)cc(F)c1. The van der Waals surface area contributed by atoms with Gasteiger partial charge in [-0.05, 0) is 61.6 Å². The van der Waals surface area contributed by atoms with Crippen LogP contribution in [0.5, 0.6) is 0 Å². The van der Waals surface area contributed by atoms with E-state index in [9.17, 15) is 23.2 Å². The molecule has 2 aromatic carbocycles. The van der Waals surface area contributed by atoms with Crippen molar-refractivity contribution >= 4 is 23.4 Å². The van der Waals surface area contributed by atoms with Crippen molar-refractivity contribution in [1.29, 1.82) is 0 Å². The number of anilines is 1. The molecule has 0 aromatic heterocycles. The van der Waals surface area contributed by atoms with Crippen LogP contribution in [0.25, 0.3) is 0 Å². The van der Waals surface area contributed by atoms with Gasteiger partial charge in [-0.15, -0.1) is 0 Å². The van der Waals surface area contributed by atoms with Gasteiger partial charge in [0.25, 0.3) is 5.91 Å². The average molecular weight is 415 g/mol. The number of halogens is 2. The minimum Gasteiger partial charge on any atom is -0.354 e. The second kappa shape index (κ2) is 9.47. The molecule has 8 heteroatoms. The van der Waals surface area contributed by atoms with Crippen LogP contribution in [0.3, 0.4) is 0 Å². The second-order valence-electron chi connectivity index (χ2n) is 7.35. The summed E-state index contributed by atoms with van der Waals surface area (Å²) in [5.74, 6) is -2.60. The lowest BCUT2D eigenvalue weighted by Gasteiger charge is -2.16. The Labute approximate surface area is 173 Å². The van der Waals surface area contributed by atoms with Gasteiger partial charge in [-0.1, -0.05) is 6.07 Å². The molecular weight excluding hydrogens is 392 g/mol. The number of amides is 3. The van der Waals surface area contributed by atoms with Crippen molar-refractivity contribution in [1.82, 2.24) is 10.6 Å². The lowest BCUT2D eigenvalue weighted by Crippen LogP contribution is -2.45. The highest BCUT2D eigenvalue weighted by Gasteiger charge is 2.23. The zero-order valence-electron chi connectivity index (χ0n) is 16.6. The summed E-state index contributed by atoms with van der Waals surface area (Å²) >= 11 is 0. The smallest absolute Gasteiger partial charge is 0.252 e. The van der Waals surface area contributed by atoms with Crippen molar-refractivity contribution in [3.8, 4) is 0 Å². The van der Waals surface area contributed by atoms with E-state index >= 15 is 0 Å². The van der Waals surface area contributed by atoms with Crippen molar-refractivity contribution in [3.05, 3.63) is 64.7 Å². The molecule has 0 saturated carbocycles. The molecule has 0 spiro atoms. The molecule has 1 saturated heterocycles. The van der Waals surface area contributed by atoms with Gasteiger partial charge < -0.3 is 16.0 Å². The van der Waals surface area contributed by atoms with E-state index in [4.69, 9.17) is 0 Å². The summed E-state index contributed by atoms with van der Waals surface area (Å²) in [6, 6.07) is 7.14. The van der Waals surface area contributed by atoms with Crippen molar-refractivity contribution in [3.63, 3.8) is 0 Å². The van der Waals surface area contributed by atoms with Gasteiger partial charge in [-0.2, -0.15) is 0 Å². The molecular formula is C22H23F2N3O3. The van der Waals surface area contributed by atoms with Gasteiger partial charge in [0, 0.05) is 23.9 Å². The summed E-state index contributed by atoms with van der Waals surface area (Å²) in [6.07, 6.45) is 2.05. The molecule has 1 heterocycles. The average Bonchev–Trinajstić information content (AvgIpc) is 2.87. The third-order valence-electron chi connectivity index (χ3n) is 4.90. The van der Waals surface area contributed by atoms with E-state index in [0.29, 0.717) is 24.2 Å². The Hall–Kier alpha value is -3.29. The first-order valence-corrected chi connectivity index (χ1v) is 9.76. The van der Waals surface area contributed by atoms with Crippen molar-refractivity contribution in [2.45, 2.75) is 38.6 Å². The number of rotatable bonds is 5. The van der Waals surface area contributed by atoms with Gasteiger partial charge in [0.05, 0.1) is 6.42 Å². The molecule has 3 N–H and O–H groups in total. The zero-order chi connectivity index (χ0) is 21.7. The molecule has 3 amide bonds. The normalized spacial score (nSPS) is 16.4. The molecule has 3 rings (SSSR count). The molecule has 1 aliphatic rings. The Bertz CT molecular complexity index is 958. The van der Waals surface area contributed by atoms with E-state index in [1.807, 2.05) is 0 Å². The van der Waals surface area contributed by atoms with Crippen LogP contribution in [-0.4, -0.2) is 30.3 Å². The highest BCUT2D eigenvalue weighted by atomic mass is 19.1. The van der Waals surface area contributed by atoms with Crippen molar-refractivity contribution in [2.24, 2.45) is 0 Å². The highest BCUT2D eigenvalue weighted by Crippen LogP contribution is 2.18. The molecule has 1 unspecified atom stereocenters. The number of nitrogens with one attached hydrogen (secondary N) is 3. The molecule has 1 aliphatic heterocycles. The van der Waals surface area contributed by atoms with Crippen LogP contribution in [0.4, 0.5) is 14.5 Å². The van der Waals surface area contributed by atoms with E-state index in [1.54, 1.807) is 19.1 Å². The van der Waals surface area contributed by atoms with Crippen LogP contribution in [0, 0.1) is 18.6 Å². The number of carbonyl (C=O) groups excluding carboxylic acids is 3. The first-order chi connectivity index (χ1) is 14.3. The quantitative estimate of drug-likeness (QED) is 0.702. The standard InChI is InChI=1S/C22H23F2N3O3/c1-13-5-6-15(21(29)27-18-4-2-3-7-25-22(18)30)11-19(13)26-20(28)10-14-8-16(23)12-17(24)9-14/h5-6,8-9,11-12,18H,2-4,7,10H2,1H3,(H,25,30)(H,26,28)(H,27,29). The predicted octanol–water partition coefficient (Wildman–Crippen LogP) is 2.85.